The lowest BCUT2D eigenvalue weighted by atomic mass is 9.51. The first kappa shape index (κ1) is 23.1. The number of carbonyl (C=O) groups excluding carboxylic acids is 1. The van der Waals surface area contributed by atoms with Crippen LogP contribution in [0.1, 0.15) is 38.5 Å². The summed E-state index contributed by atoms with van der Waals surface area (Å²) in [7, 11) is -6.88. The quantitative estimate of drug-likeness (QED) is 0.374. The van der Waals surface area contributed by atoms with Gasteiger partial charge in [-0.25, -0.2) is 9.18 Å². The van der Waals surface area contributed by atoms with E-state index >= 15 is 0 Å². The molecule has 178 valence electrons. The Morgan fingerprint density at radius 1 is 0.968 bits per heavy atom. The molecule has 3 atom stereocenters. The number of carbonyl (C=O) groups is 1. The third-order valence-electron chi connectivity index (χ3n) is 6.90. The van der Waals surface area contributed by atoms with Crippen molar-refractivity contribution >= 4 is 16.1 Å². The van der Waals surface area contributed by atoms with E-state index in [-0.39, 0.29) is 25.2 Å². The minimum Gasteiger partial charge on any atom is -0.456 e. The smallest absolute Gasteiger partial charge is 0.456 e. The van der Waals surface area contributed by atoms with Crippen LogP contribution in [0.25, 0.3) is 0 Å². The van der Waals surface area contributed by atoms with Gasteiger partial charge in [-0.05, 0) is 44.4 Å². The van der Waals surface area contributed by atoms with Crippen LogP contribution in [-0.2, 0) is 29.1 Å². The summed E-state index contributed by atoms with van der Waals surface area (Å²) in [5.41, 5.74) is -1.66. The Hall–Kier alpha value is -1.12. The lowest BCUT2D eigenvalue weighted by Crippen LogP contribution is -2.69. The predicted molar refractivity (Wildman–Crippen MR) is 88.0 cm³/mol. The first-order valence-electron chi connectivity index (χ1n) is 9.70. The van der Waals surface area contributed by atoms with Gasteiger partial charge in [0.25, 0.3) is 0 Å². The number of hydrogen-bond acceptors (Lipinski definition) is 6. The molecule has 4 aliphatic carbocycles. The van der Waals surface area contributed by atoms with Crippen molar-refractivity contribution in [2.24, 2.45) is 17.8 Å². The molecule has 14 heteroatoms. The molecule has 1 spiro atoms. The van der Waals surface area contributed by atoms with E-state index in [1.54, 1.807) is 0 Å². The maximum atomic E-state index is 14.8. The Morgan fingerprint density at radius 2 is 1.48 bits per heavy atom. The van der Waals surface area contributed by atoms with Crippen molar-refractivity contribution in [2.45, 2.75) is 67.0 Å². The van der Waals surface area contributed by atoms with Gasteiger partial charge in [-0.1, -0.05) is 0 Å². The molecule has 1 N–H and O–H groups in total. The summed E-state index contributed by atoms with van der Waals surface area (Å²) >= 11 is 0. The summed E-state index contributed by atoms with van der Waals surface area (Å²) in [6, 6.07) is 0. The molecule has 0 aromatic rings. The first-order chi connectivity index (χ1) is 14.1. The van der Waals surface area contributed by atoms with E-state index < -0.39 is 56.4 Å². The number of alkyl halides is 6. The van der Waals surface area contributed by atoms with E-state index in [0.29, 0.717) is 32.5 Å². The summed E-state index contributed by atoms with van der Waals surface area (Å²) in [6.45, 7) is 0.803. The normalized spacial score (nSPS) is 36.9. The molecule has 7 nitrogen and oxygen atoms in total. The molecular formula is C17H20F6O7S. The van der Waals surface area contributed by atoms with Crippen molar-refractivity contribution < 1.29 is 58.3 Å². The predicted octanol–water partition coefficient (Wildman–Crippen LogP) is 2.99. The summed E-state index contributed by atoms with van der Waals surface area (Å²) in [5.74, 6) is -11.6. The van der Waals surface area contributed by atoms with Gasteiger partial charge in [0, 0.05) is 11.8 Å². The van der Waals surface area contributed by atoms with Crippen LogP contribution in [0.5, 0.6) is 0 Å². The zero-order chi connectivity index (χ0) is 23.1. The lowest BCUT2D eigenvalue weighted by Gasteiger charge is -2.64. The Labute approximate surface area is 173 Å². The average molecular weight is 482 g/mol. The highest BCUT2D eigenvalue weighted by molar-refractivity contribution is 7.88. The van der Waals surface area contributed by atoms with E-state index in [0.717, 1.165) is 0 Å². The molecule has 3 unspecified atom stereocenters. The Balaban J connectivity index is 1.65. The fraction of sp³-hybridized carbons (Fsp3) is 0.941. The van der Waals surface area contributed by atoms with Crippen molar-refractivity contribution in [3.05, 3.63) is 0 Å². The number of rotatable bonds is 4. The number of hydrogen-bond donors (Lipinski definition) is 1. The maximum Gasteiger partial charge on any atom is 0.458 e. The average Bonchev–Trinajstić information content (AvgIpc) is 2.63. The van der Waals surface area contributed by atoms with Gasteiger partial charge in [-0.3, -0.25) is 4.55 Å². The fourth-order valence-corrected chi connectivity index (χ4v) is 6.55. The minimum atomic E-state index is -6.88. The maximum absolute atomic E-state index is 14.8. The Kier molecular flexibility index (Phi) is 4.98. The van der Waals surface area contributed by atoms with E-state index in [9.17, 15) is 39.6 Å². The molecular weight excluding hydrogens is 462 g/mol. The van der Waals surface area contributed by atoms with Gasteiger partial charge < -0.3 is 14.2 Å². The second-order valence-electron chi connectivity index (χ2n) is 8.83. The molecule has 0 amide bonds. The highest BCUT2D eigenvalue weighted by Gasteiger charge is 2.82. The molecule has 4 saturated carbocycles. The van der Waals surface area contributed by atoms with Crippen LogP contribution in [0.3, 0.4) is 0 Å². The molecule has 5 rings (SSSR count). The molecule has 1 aliphatic heterocycles. The van der Waals surface area contributed by atoms with E-state index in [1.807, 2.05) is 0 Å². The van der Waals surface area contributed by atoms with Gasteiger partial charge in [-0.15, -0.1) is 0 Å². The SMILES string of the molecule is O=C(OC12CC3CC(C1)C1(OCCCO1)C(C3)C2)C(F)(C(F)(F)C(F)(F)F)S(=O)(=O)O. The van der Waals surface area contributed by atoms with Gasteiger partial charge in [0.15, 0.2) is 5.79 Å². The van der Waals surface area contributed by atoms with Crippen molar-refractivity contribution in [2.75, 3.05) is 13.2 Å². The molecule has 5 aliphatic rings. The second kappa shape index (κ2) is 6.70. The van der Waals surface area contributed by atoms with Crippen LogP contribution in [0, 0.1) is 17.8 Å². The fourth-order valence-electron chi connectivity index (χ4n) is 5.86. The Morgan fingerprint density at radius 3 is 1.94 bits per heavy atom. The van der Waals surface area contributed by atoms with Crippen LogP contribution >= 0.6 is 0 Å². The number of ether oxygens (including phenoxy) is 3. The molecule has 31 heavy (non-hydrogen) atoms. The second-order valence-corrected chi connectivity index (χ2v) is 10.3. The molecule has 4 bridgehead atoms. The lowest BCUT2D eigenvalue weighted by molar-refractivity contribution is -0.374. The molecule has 1 heterocycles. The van der Waals surface area contributed by atoms with E-state index in [2.05, 4.69) is 0 Å². The Bertz CT molecular complexity index is 851. The van der Waals surface area contributed by atoms with E-state index in [4.69, 9.17) is 18.8 Å². The molecule has 5 fully saturated rings. The zero-order valence-electron chi connectivity index (χ0n) is 16.0. The van der Waals surface area contributed by atoms with Gasteiger partial charge in [0.2, 0.25) is 0 Å². The minimum absolute atomic E-state index is 0.0426. The topological polar surface area (TPSA) is 99.1 Å². The number of esters is 1. The third kappa shape index (κ3) is 3.11. The molecule has 0 aromatic heterocycles. The summed E-state index contributed by atoms with van der Waals surface area (Å²) in [4.78, 5) is 12.3. The van der Waals surface area contributed by atoms with Crippen molar-refractivity contribution in [1.82, 2.24) is 0 Å². The first-order valence-corrected chi connectivity index (χ1v) is 11.1. The summed E-state index contributed by atoms with van der Waals surface area (Å²) in [6.07, 6.45) is -5.13. The summed E-state index contributed by atoms with van der Waals surface area (Å²) < 4.78 is 129. The van der Waals surface area contributed by atoms with Gasteiger partial charge in [-0.2, -0.15) is 30.4 Å². The number of halogens is 6. The largest absolute Gasteiger partial charge is 0.458 e. The molecule has 0 aromatic carbocycles. The zero-order valence-corrected chi connectivity index (χ0v) is 16.8. The van der Waals surface area contributed by atoms with Gasteiger partial charge in [0.1, 0.15) is 5.60 Å². The highest BCUT2D eigenvalue weighted by Crippen LogP contribution is 2.63. The van der Waals surface area contributed by atoms with Crippen molar-refractivity contribution in [1.29, 1.82) is 0 Å². The third-order valence-corrected chi connectivity index (χ3v) is 8.04. The van der Waals surface area contributed by atoms with Gasteiger partial charge in [0.05, 0.1) is 13.2 Å². The standard InChI is InChI=1S/C17H20F6O7S/c18-15(31(25,26)27,16(19,20)17(21,22)23)12(24)30-13-6-9-4-10(7-13)14(11(5-9)8-13)28-2-1-3-29-14/h9-11H,1-8H2,(H,25,26,27). The van der Waals surface area contributed by atoms with Crippen molar-refractivity contribution in [3.63, 3.8) is 0 Å². The van der Waals surface area contributed by atoms with Crippen LogP contribution in [0.2, 0.25) is 0 Å². The van der Waals surface area contributed by atoms with Crippen LogP contribution in [0.15, 0.2) is 0 Å². The highest BCUT2D eigenvalue weighted by atomic mass is 32.2. The van der Waals surface area contributed by atoms with Crippen LogP contribution < -0.4 is 0 Å². The molecule has 0 radical (unpaired) electrons. The summed E-state index contributed by atoms with van der Waals surface area (Å²) in [5, 5.41) is -6.04. The van der Waals surface area contributed by atoms with Crippen LogP contribution in [0.4, 0.5) is 26.3 Å². The van der Waals surface area contributed by atoms with Gasteiger partial charge >= 0.3 is 33.2 Å². The van der Waals surface area contributed by atoms with Crippen LogP contribution in [-0.4, -0.2) is 60.6 Å². The molecule has 1 saturated heterocycles. The van der Waals surface area contributed by atoms with E-state index in [1.165, 1.54) is 0 Å². The monoisotopic (exact) mass is 482 g/mol. The van der Waals surface area contributed by atoms with Crippen molar-refractivity contribution in [3.8, 4) is 0 Å².